The van der Waals surface area contributed by atoms with Crippen molar-refractivity contribution in [3.63, 3.8) is 0 Å². The second kappa shape index (κ2) is 13.9. The third-order valence-electron chi connectivity index (χ3n) is 12.3. The second-order valence-corrected chi connectivity index (χ2v) is 18.1. The van der Waals surface area contributed by atoms with E-state index in [0.717, 1.165) is 16.6 Å². The van der Waals surface area contributed by atoms with Crippen LogP contribution in [0.5, 0.6) is 0 Å². The first-order chi connectivity index (χ1) is 23.5. The van der Waals surface area contributed by atoms with Gasteiger partial charge in [-0.05, 0) is 66.6 Å². The minimum absolute atomic E-state index is 0. The first kappa shape index (κ1) is 34.4. The van der Waals surface area contributed by atoms with Gasteiger partial charge in [-0.2, -0.15) is 30.3 Å². The monoisotopic (exact) mass is 840 g/mol. The molecule has 2 nitrogen and oxygen atoms in total. The smallest absolute Gasteiger partial charge is 0.0978 e. The SMILES string of the molecule is CC12c3c[c-]c(-c4ccccn4)cc3C(C)(c3ccccc31)c1ccccc12.O=P(c1[c-]cccc1)(C1CCCCC1)C1CCCCC1.[Ir]. The maximum absolute atomic E-state index is 14.1. The molecular formula is C45H46IrNOP-2. The van der Waals surface area contributed by atoms with Crippen molar-refractivity contribution in [1.29, 1.82) is 0 Å². The van der Waals surface area contributed by atoms with E-state index >= 15 is 0 Å². The van der Waals surface area contributed by atoms with Gasteiger partial charge in [0, 0.05) is 48.5 Å². The van der Waals surface area contributed by atoms with Gasteiger partial charge in [0.05, 0.1) is 7.14 Å². The van der Waals surface area contributed by atoms with Crippen LogP contribution in [-0.4, -0.2) is 16.3 Å². The zero-order valence-corrected chi connectivity index (χ0v) is 32.0. The fraction of sp³-hybridized carbons (Fsp3) is 0.356. The quantitative estimate of drug-likeness (QED) is 0.133. The fourth-order valence-corrected chi connectivity index (χ4v) is 14.0. The van der Waals surface area contributed by atoms with Gasteiger partial charge >= 0.3 is 0 Å². The number of nitrogens with zero attached hydrogens (tertiary/aromatic N) is 1. The topological polar surface area (TPSA) is 30.0 Å². The van der Waals surface area contributed by atoms with Crippen molar-refractivity contribution in [2.75, 3.05) is 0 Å². The number of hydrogen-bond acceptors (Lipinski definition) is 2. The number of aromatic nitrogens is 1. The Morgan fingerprint density at radius 1 is 0.612 bits per heavy atom. The molecule has 0 spiro atoms. The average molecular weight is 840 g/mol. The molecule has 49 heavy (non-hydrogen) atoms. The van der Waals surface area contributed by atoms with E-state index in [-0.39, 0.29) is 30.9 Å². The van der Waals surface area contributed by atoms with Gasteiger partial charge in [0.25, 0.3) is 0 Å². The minimum Gasteiger partial charge on any atom is -0.320 e. The molecule has 2 bridgehead atoms. The molecule has 0 N–H and O–H groups in total. The Labute approximate surface area is 306 Å². The van der Waals surface area contributed by atoms with Crippen LogP contribution in [-0.2, 0) is 35.5 Å². The van der Waals surface area contributed by atoms with Crippen LogP contribution in [0.3, 0.4) is 0 Å². The number of hydrogen-bond donors (Lipinski definition) is 0. The van der Waals surface area contributed by atoms with Crippen molar-refractivity contribution >= 4 is 12.4 Å². The Kier molecular flexibility index (Phi) is 9.75. The van der Waals surface area contributed by atoms with Crippen LogP contribution >= 0.6 is 7.14 Å². The van der Waals surface area contributed by atoms with Gasteiger partial charge in [-0.15, -0.1) is 40.2 Å². The van der Waals surface area contributed by atoms with Crippen molar-refractivity contribution in [2.45, 2.75) is 100 Å². The summed E-state index contributed by atoms with van der Waals surface area (Å²) in [7, 11) is -2.28. The van der Waals surface area contributed by atoms with Crippen molar-refractivity contribution in [1.82, 2.24) is 4.98 Å². The summed E-state index contributed by atoms with van der Waals surface area (Å²) in [5.41, 5.74) is 11.0. The Hall–Kier alpha value is -3.09. The standard InChI is InChI=1S/C27H20N.C18H26OP.Ir/c1-26-19-9-3-5-11-21(19)27(2,22-12-6-4-10-20(22)26)24-17-18(14-15-23(24)26)25-13-7-8-16-28-25;19-20(16-10-4-1-5-11-16,17-12-6-2-7-13-17)18-14-8-3-9-15-18;/h3-13,15-17H,1-2H3;1,4-5,10,17-18H,2-3,6-9,12-15H2;/q2*-1;. The molecule has 10 rings (SSSR count). The minimum atomic E-state index is -2.28. The molecule has 1 radical (unpaired) electrons. The Morgan fingerprint density at radius 3 is 1.61 bits per heavy atom. The first-order valence-electron chi connectivity index (χ1n) is 18.2. The van der Waals surface area contributed by atoms with Crippen LogP contribution in [0.25, 0.3) is 11.3 Å². The Morgan fingerprint density at radius 2 is 1.12 bits per heavy atom. The van der Waals surface area contributed by atoms with Crippen molar-refractivity contribution in [2.24, 2.45) is 0 Å². The van der Waals surface area contributed by atoms with E-state index in [9.17, 15) is 4.57 Å². The number of pyridine rings is 1. The first-order valence-corrected chi connectivity index (χ1v) is 20.1. The summed E-state index contributed by atoms with van der Waals surface area (Å²) in [6.07, 6.45) is 14.3. The van der Waals surface area contributed by atoms with E-state index in [1.807, 2.05) is 36.5 Å². The molecule has 2 saturated carbocycles. The third kappa shape index (κ3) is 5.56. The zero-order valence-electron chi connectivity index (χ0n) is 28.8. The van der Waals surface area contributed by atoms with Crippen LogP contribution < -0.4 is 5.30 Å². The molecular weight excluding hydrogens is 794 g/mol. The predicted molar refractivity (Wildman–Crippen MR) is 199 cm³/mol. The molecule has 4 aromatic carbocycles. The summed E-state index contributed by atoms with van der Waals surface area (Å²) >= 11 is 0. The van der Waals surface area contributed by atoms with E-state index in [1.54, 1.807) is 0 Å². The van der Waals surface area contributed by atoms with Gasteiger partial charge in [0.1, 0.15) is 0 Å². The molecule has 0 atom stereocenters. The van der Waals surface area contributed by atoms with Gasteiger partial charge in [-0.3, -0.25) is 0 Å². The van der Waals surface area contributed by atoms with Gasteiger partial charge in [0.15, 0.2) is 0 Å². The van der Waals surface area contributed by atoms with Crippen molar-refractivity contribution in [3.8, 4) is 11.3 Å². The Bertz CT molecular complexity index is 1890. The summed E-state index contributed by atoms with van der Waals surface area (Å²) in [6, 6.07) is 43.5. The van der Waals surface area contributed by atoms with Crippen molar-refractivity contribution in [3.05, 3.63) is 155 Å². The predicted octanol–water partition coefficient (Wildman–Crippen LogP) is 11.0. The molecule has 1 heterocycles. The summed E-state index contributed by atoms with van der Waals surface area (Å²) in [4.78, 5) is 4.56. The number of rotatable bonds is 4. The van der Waals surface area contributed by atoms with Crippen LogP contribution in [0.4, 0.5) is 0 Å². The van der Waals surface area contributed by atoms with E-state index in [2.05, 4.69) is 104 Å². The largest absolute Gasteiger partial charge is 0.320 e. The molecule has 253 valence electrons. The average Bonchev–Trinajstić information content (AvgIpc) is 3.18. The van der Waals surface area contributed by atoms with E-state index in [0.29, 0.717) is 11.3 Å². The van der Waals surface area contributed by atoms with Crippen LogP contribution in [0.2, 0.25) is 0 Å². The van der Waals surface area contributed by atoms with Crippen molar-refractivity contribution < 1.29 is 24.7 Å². The molecule has 5 aliphatic carbocycles. The van der Waals surface area contributed by atoms with Gasteiger partial charge in [-0.25, -0.2) is 0 Å². The molecule has 1 aromatic heterocycles. The van der Waals surface area contributed by atoms with Gasteiger partial charge in [-0.1, -0.05) is 106 Å². The van der Waals surface area contributed by atoms with Gasteiger partial charge < -0.3 is 9.55 Å². The van der Waals surface area contributed by atoms with Crippen LogP contribution in [0.1, 0.15) is 111 Å². The third-order valence-corrected chi connectivity index (χ3v) is 16.5. The van der Waals surface area contributed by atoms with E-state index in [4.69, 9.17) is 0 Å². The number of benzene rings is 4. The molecule has 4 heteroatoms. The molecule has 0 saturated heterocycles. The fourth-order valence-electron chi connectivity index (χ4n) is 9.79. The zero-order chi connectivity index (χ0) is 32.8. The molecule has 0 aliphatic heterocycles. The Balaban J connectivity index is 0.000000160. The summed E-state index contributed by atoms with van der Waals surface area (Å²) in [5.74, 6) is 0. The molecule has 2 fully saturated rings. The molecule has 0 unspecified atom stereocenters. The molecule has 0 amide bonds. The molecule has 5 aliphatic rings. The van der Waals surface area contributed by atoms with Gasteiger partial charge in [0.2, 0.25) is 0 Å². The summed E-state index contributed by atoms with van der Waals surface area (Å²) < 4.78 is 14.1. The van der Waals surface area contributed by atoms with Crippen LogP contribution in [0.15, 0.2) is 109 Å². The molecule has 5 aromatic rings. The summed E-state index contributed by atoms with van der Waals surface area (Å²) in [5, 5.41) is 1.05. The van der Waals surface area contributed by atoms with E-state index < -0.39 is 7.14 Å². The maximum atomic E-state index is 14.1. The summed E-state index contributed by atoms with van der Waals surface area (Å²) in [6.45, 7) is 4.75. The normalized spacial score (nSPS) is 22.8. The second-order valence-electron chi connectivity index (χ2n) is 14.8. The van der Waals surface area contributed by atoms with Crippen LogP contribution in [0, 0.1) is 12.1 Å². The maximum Gasteiger partial charge on any atom is 0.0978 e. The van der Waals surface area contributed by atoms with E-state index in [1.165, 1.54) is 97.6 Å².